The average molecular weight is 1300 g/mol. The number of pyridine rings is 5. The number of anilines is 1. The molecule has 0 spiro atoms. The molecule has 6 heterocycles. The van der Waals surface area contributed by atoms with Crippen LogP contribution in [0.3, 0.4) is 0 Å². The molecule has 0 atom stereocenters. The number of carbonyl (C=O) groups excluding carboxylic acids is 1. The molecule has 8 N–H and O–H groups in total. The van der Waals surface area contributed by atoms with Crippen LogP contribution in [0.15, 0.2) is 187 Å². The SMILES string of the molecule is N#Cc1ccc(-c2ccc(F)cc2)nc1Cl.NC(=O)c1ccc(-c2ccc(F)cc2)nc1Cl.Nc1noc2nc(-c3ccc(F)cc3)ccc12.O=C(O)c1ccc(-c2ccc(F)cc2)nc1Cl.O=C(O)c1ccc(Cl)nc1Cl.OB(O)c1ccc(F)cc1. The average Bonchev–Trinajstić information content (AvgIpc) is 3.82. The number of aromatic carboxylic acids is 2. The standard InChI is InChI=1S/C12H8ClFN2O.C12H6ClFN2.C12H7ClFNO2.C12H8FN3O.C6H6BFO2.C6H3Cl2NO2/c13-11-9(12(15)17)5-6-10(16-11)7-1-3-8(14)4-2-7;13-12-9(7-15)3-6-11(16-12)8-1-4-10(14)5-2-8;13-11-9(12(16)17)5-6-10(15-11)7-1-3-8(14)4-2-7;13-8-3-1-7(2-4-8)10-6-5-9-11(14)16-17-12(9)15-10;8-6-3-1-5(2-4-6)7(9)10;7-4-2-1-3(6(10)11)5(8)9-4/h1-6H,(H2,15,17);1-6H;1-6H,(H,16,17);1-6H,(H2,14,16);1-4,9-10H;1-2H,(H,10,11). The van der Waals surface area contributed by atoms with Crippen LogP contribution in [0.2, 0.25) is 25.8 Å². The summed E-state index contributed by atoms with van der Waals surface area (Å²) in [6.07, 6.45) is 0. The van der Waals surface area contributed by atoms with Crippen LogP contribution in [0.25, 0.3) is 56.1 Å². The molecule has 0 saturated heterocycles. The number of carboxylic acids is 2. The number of nitrogen functional groups attached to an aromatic ring is 1. The van der Waals surface area contributed by atoms with Gasteiger partial charge >= 0.3 is 19.1 Å². The minimum absolute atomic E-state index is 0.0410. The van der Waals surface area contributed by atoms with E-state index in [1.54, 1.807) is 78.9 Å². The predicted molar refractivity (Wildman–Crippen MR) is 323 cm³/mol. The normalized spacial score (nSPS) is 10.1. The first kappa shape index (κ1) is 67.2. The highest BCUT2D eigenvalue weighted by molar-refractivity contribution is 6.58. The Morgan fingerprint density at radius 3 is 1.15 bits per heavy atom. The highest BCUT2D eigenvalue weighted by Gasteiger charge is 2.14. The molecule has 11 aromatic rings. The van der Waals surface area contributed by atoms with Crippen molar-refractivity contribution in [1.29, 1.82) is 5.26 Å². The fourth-order valence-corrected chi connectivity index (χ4v) is 8.01. The lowest BCUT2D eigenvalue weighted by Gasteiger charge is -2.03. The predicted octanol–water partition coefficient (Wildman–Crippen LogP) is 13.5. The van der Waals surface area contributed by atoms with E-state index in [9.17, 15) is 36.3 Å². The maximum absolute atomic E-state index is 12.8. The summed E-state index contributed by atoms with van der Waals surface area (Å²) in [4.78, 5) is 51.9. The number of amides is 1. The van der Waals surface area contributed by atoms with E-state index in [1.165, 1.54) is 103 Å². The molecular weight excluding hydrogens is 1260 g/mol. The van der Waals surface area contributed by atoms with Crippen molar-refractivity contribution in [2.24, 2.45) is 5.73 Å². The molecular formula is C60H38BCl5F5N9O8. The van der Waals surface area contributed by atoms with Gasteiger partial charge < -0.3 is 36.3 Å². The Morgan fingerprint density at radius 1 is 0.455 bits per heavy atom. The van der Waals surface area contributed by atoms with Gasteiger partial charge in [0.2, 0.25) is 0 Å². The highest BCUT2D eigenvalue weighted by Crippen LogP contribution is 2.27. The quantitative estimate of drug-likeness (QED) is 0.0468. The van der Waals surface area contributed by atoms with Gasteiger partial charge in [-0.05, 0) is 175 Å². The van der Waals surface area contributed by atoms with Gasteiger partial charge in [0.1, 0.15) is 60.9 Å². The number of halogens is 10. The van der Waals surface area contributed by atoms with Crippen LogP contribution in [0.4, 0.5) is 27.8 Å². The number of primary amides is 1. The number of hydrogen-bond donors (Lipinski definition) is 6. The zero-order valence-corrected chi connectivity index (χ0v) is 48.2. The van der Waals surface area contributed by atoms with Gasteiger partial charge in [0.25, 0.3) is 11.6 Å². The zero-order valence-electron chi connectivity index (χ0n) is 44.4. The summed E-state index contributed by atoms with van der Waals surface area (Å²) in [6.45, 7) is 0. The number of aromatic nitrogens is 6. The molecule has 6 aromatic heterocycles. The maximum atomic E-state index is 12.8. The van der Waals surface area contributed by atoms with Crippen LogP contribution in [-0.2, 0) is 0 Å². The molecule has 0 unspecified atom stereocenters. The highest BCUT2D eigenvalue weighted by atomic mass is 35.5. The zero-order chi connectivity index (χ0) is 64.2. The number of nitrogens with zero attached hydrogens (tertiary/aromatic N) is 7. The summed E-state index contributed by atoms with van der Waals surface area (Å²) in [6, 6.07) is 46.0. The van der Waals surface area contributed by atoms with Crippen molar-refractivity contribution in [2.75, 3.05) is 5.73 Å². The Kier molecular flexibility index (Phi) is 24.5. The fourth-order valence-electron chi connectivity index (χ4n) is 6.91. The third-order valence-corrected chi connectivity index (χ3v) is 12.7. The second-order valence-electron chi connectivity index (χ2n) is 17.2. The molecule has 444 valence electrons. The monoisotopic (exact) mass is 1290 g/mol. The van der Waals surface area contributed by atoms with Crippen molar-refractivity contribution in [3.63, 3.8) is 0 Å². The van der Waals surface area contributed by atoms with Crippen molar-refractivity contribution < 1.29 is 61.1 Å². The van der Waals surface area contributed by atoms with E-state index >= 15 is 0 Å². The van der Waals surface area contributed by atoms with Crippen LogP contribution in [0, 0.1) is 40.4 Å². The van der Waals surface area contributed by atoms with Crippen molar-refractivity contribution >= 4 is 105 Å². The third-order valence-electron chi connectivity index (χ3n) is 11.3. The molecule has 0 radical (unpaired) electrons. The lowest BCUT2D eigenvalue weighted by molar-refractivity contribution is 0.0685. The molecule has 1 amide bonds. The summed E-state index contributed by atoms with van der Waals surface area (Å²) >= 11 is 28.2. The first-order chi connectivity index (χ1) is 41.9. The van der Waals surface area contributed by atoms with Crippen LogP contribution >= 0.6 is 58.0 Å². The Hall–Kier alpha value is -9.90. The van der Waals surface area contributed by atoms with Gasteiger partial charge in [-0.1, -0.05) is 75.3 Å². The van der Waals surface area contributed by atoms with Crippen LogP contribution < -0.4 is 16.9 Å². The molecule has 0 bridgehead atoms. The largest absolute Gasteiger partial charge is 0.488 e. The summed E-state index contributed by atoms with van der Waals surface area (Å²) in [7, 11) is -1.51. The van der Waals surface area contributed by atoms with E-state index < -0.39 is 25.0 Å². The van der Waals surface area contributed by atoms with Crippen LogP contribution in [0.1, 0.15) is 36.6 Å². The minimum Gasteiger partial charge on any atom is -0.478 e. The van der Waals surface area contributed by atoms with E-state index in [4.69, 9.17) is 99.5 Å². The first-order valence-electron chi connectivity index (χ1n) is 24.6. The molecule has 28 heteroatoms. The minimum atomic E-state index is -1.51. The Balaban J connectivity index is 0.000000170. The van der Waals surface area contributed by atoms with Crippen molar-refractivity contribution in [3.8, 4) is 51.1 Å². The Bertz CT molecular complexity index is 4170. The van der Waals surface area contributed by atoms with E-state index in [1.807, 2.05) is 6.07 Å². The first-order valence-corrected chi connectivity index (χ1v) is 26.5. The Labute approximate surface area is 520 Å². The van der Waals surface area contributed by atoms with E-state index in [2.05, 4.69) is 30.1 Å². The van der Waals surface area contributed by atoms with Gasteiger partial charge in [0, 0.05) is 22.3 Å². The lowest BCUT2D eigenvalue weighted by atomic mass is 9.80. The van der Waals surface area contributed by atoms with Gasteiger partial charge in [-0.25, -0.2) is 56.5 Å². The number of fused-ring (bicyclic) bond motifs is 1. The molecule has 88 heavy (non-hydrogen) atoms. The number of hydrogen-bond acceptors (Lipinski definition) is 14. The van der Waals surface area contributed by atoms with Crippen molar-refractivity contribution in [2.45, 2.75) is 0 Å². The van der Waals surface area contributed by atoms with Crippen molar-refractivity contribution in [1.82, 2.24) is 30.1 Å². The lowest BCUT2D eigenvalue weighted by Crippen LogP contribution is -2.29. The molecule has 11 rings (SSSR count). The molecule has 0 fully saturated rings. The molecule has 0 aliphatic heterocycles. The molecule has 17 nitrogen and oxygen atoms in total. The Morgan fingerprint density at radius 2 is 0.795 bits per heavy atom. The molecule has 0 aliphatic rings. The number of carboxylic acid groups (broad SMARTS) is 2. The number of carbonyl (C=O) groups is 3. The third kappa shape index (κ3) is 19.6. The van der Waals surface area contributed by atoms with E-state index in [-0.39, 0.29) is 71.5 Å². The number of nitrogens with two attached hydrogens (primary N) is 2. The van der Waals surface area contributed by atoms with E-state index in [0.717, 1.165) is 11.1 Å². The summed E-state index contributed by atoms with van der Waals surface area (Å²) in [5, 5.41) is 47.6. The fraction of sp³-hybridized carbons (Fsp3) is 0. The van der Waals surface area contributed by atoms with Gasteiger partial charge in [0.15, 0.2) is 5.82 Å². The molecule has 5 aromatic carbocycles. The number of nitriles is 1. The summed E-state index contributed by atoms with van der Waals surface area (Å²) in [5.41, 5.74) is 17.1. The van der Waals surface area contributed by atoms with Crippen molar-refractivity contribution in [3.05, 3.63) is 259 Å². The summed E-state index contributed by atoms with van der Waals surface area (Å²) in [5.74, 6) is -4.19. The van der Waals surface area contributed by atoms with Gasteiger partial charge in [0.05, 0.1) is 50.4 Å². The second-order valence-corrected chi connectivity index (χ2v) is 19.1. The second kappa shape index (κ2) is 32.0. The number of benzene rings is 5. The van der Waals surface area contributed by atoms with Crippen LogP contribution in [-0.4, -0.2) is 75.3 Å². The topological polar surface area (TPSA) is 298 Å². The molecule has 0 saturated carbocycles. The summed E-state index contributed by atoms with van der Waals surface area (Å²) < 4.78 is 68.1. The van der Waals surface area contributed by atoms with E-state index in [0.29, 0.717) is 61.8 Å². The molecule has 0 aliphatic carbocycles. The smallest absolute Gasteiger partial charge is 0.478 e. The maximum Gasteiger partial charge on any atom is 0.488 e. The van der Waals surface area contributed by atoms with Gasteiger partial charge in [-0.2, -0.15) is 5.26 Å². The van der Waals surface area contributed by atoms with Gasteiger partial charge in [-0.15, -0.1) is 0 Å². The van der Waals surface area contributed by atoms with Gasteiger partial charge in [-0.3, -0.25) is 4.79 Å². The van der Waals surface area contributed by atoms with Crippen LogP contribution in [0.5, 0.6) is 0 Å². The number of rotatable bonds is 8.